The van der Waals surface area contributed by atoms with Crippen LogP contribution in [0, 0.1) is 11.8 Å². The highest BCUT2D eigenvalue weighted by molar-refractivity contribution is 5.94. The molecule has 0 aromatic carbocycles. The van der Waals surface area contributed by atoms with Gasteiger partial charge >= 0.3 is 0 Å². The van der Waals surface area contributed by atoms with E-state index in [2.05, 4.69) is 39.6 Å². The maximum absolute atomic E-state index is 13.2. The molecule has 2 aromatic heterocycles. The van der Waals surface area contributed by atoms with Crippen LogP contribution in [-0.4, -0.2) is 32.8 Å². The number of pyridine rings is 1. The molecule has 0 N–H and O–H groups in total. The topological polar surface area (TPSA) is 54.7 Å². The van der Waals surface area contributed by atoms with Gasteiger partial charge in [0.05, 0.1) is 0 Å². The molecule has 0 aliphatic carbocycles. The Bertz CT molecular complexity index is 811. The predicted molar refractivity (Wildman–Crippen MR) is 110 cm³/mol. The van der Waals surface area contributed by atoms with Crippen molar-refractivity contribution in [1.29, 1.82) is 0 Å². The molecular formula is C22H33N3O2. The first-order chi connectivity index (χ1) is 12.8. The van der Waals surface area contributed by atoms with Gasteiger partial charge in [-0.25, -0.2) is 4.98 Å². The minimum atomic E-state index is -0.297. The van der Waals surface area contributed by atoms with Crippen LogP contribution in [-0.2, 0) is 0 Å². The van der Waals surface area contributed by atoms with Crippen LogP contribution < -0.4 is 5.56 Å². The molecule has 5 nitrogen and oxygen atoms in total. The number of carbonyl (C=O) groups excluding carboxylic acids is 1. The highest BCUT2D eigenvalue weighted by atomic mass is 16.2. The predicted octanol–water partition coefficient (Wildman–Crippen LogP) is 4.40. The number of hydrogen-bond donors (Lipinski definition) is 0. The molecule has 2 aromatic rings. The summed E-state index contributed by atoms with van der Waals surface area (Å²) in [6.45, 7) is 11.5. The summed E-state index contributed by atoms with van der Waals surface area (Å²) in [5, 5.41) is 0. The van der Waals surface area contributed by atoms with Crippen molar-refractivity contribution in [1.82, 2.24) is 14.3 Å². The van der Waals surface area contributed by atoms with Crippen molar-refractivity contribution in [2.24, 2.45) is 11.8 Å². The highest BCUT2D eigenvalue weighted by Gasteiger charge is 2.24. The van der Waals surface area contributed by atoms with E-state index in [4.69, 9.17) is 0 Å². The first kappa shape index (κ1) is 21.1. The fourth-order valence-corrected chi connectivity index (χ4v) is 3.22. The van der Waals surface area contributed by atoms with Gasteiger partial charge in [-0.2, -0.15) is 0 Å². The summed E-state index contributed by atoms with van der Waals surface area (Å²) >= 11 is 0. The van der Waals surface area contributed by atoms with Crippen molar-refractivity contribution in [3.8, 4) is 0 Å². The lowest BCUT2D eigenvalue weighted by atomic mass is 10.0. The highest BCUT2D eigenvalue weighted by Crippen LogP contribution is 2.16. The van der Waals surface area contributed by atoms with Crippen LogP contribution >= 0.6 is 0 Å². The van der Waals surface area contributed by atoms with Crippen molar-refractivity contribution < 1.29 is 4.79 Å². The Balaban J connectivity index is 2.27. The number of nitrogens with zero attached hydrogens (tertiary/aromatic N) is 3. The van der Waals surface area contributed by atoms with E-state index in [9.17, 15) is 9.59 Å². The lowest BCUT2D eigenvalue weighted by Gasteiger charge is -2.30. The van der Waals surface area contributed by atoms with Crippen LogP contribution in [0.25, 0.3) is 5.65 Å². The van der Waals surface area contributed by atoms with Crippen LogP contribution in [0.15, 0.2) is 35.4 Å². The van der Waals surface area contributed by atoms with Gasteiger partial charge in [0.15, 0.2) is 0 Å². The summed E-state index contributed by atoms with van der Waals surface area (Å²) in [5.74, 6) is 0.953. The van der Waals surface area contributed by atoms with Crippen LogP contribution in [0.3, 0.4) is 0 Å². The van der Waals surface area contributed by atoms with E-state index in [1.54, 1.807) is 18.3 Å². The third-order valence-corrected chi connectivity index (χ3v) is 4.99. The monoisotopic (exact) mass is 371 g/mol. The number of aromatic nitrogens is 2. The van der Waals surface area contributed by atoms with Crippen molar-refractivity contribution in [3.63, 3.8) is 0 Å². The zero-order chi connectivity index (χ0) is 20.0. The molecule has 1 atom stereocenters. The van der Waals surface area contributed by atoms with Gasteiger partial charge in [0, 0.05) is 25.0 Å². The first-order valence-corrected chi connectivity index (χ1v) is 10.1. The maximum Gasteiger partial charge on any atom is 0.270 e. The normalized spacial score (nSPS) is 12.7. The van der Waals surface area contributed by atoms with Gasteiger partial charge in [-0.15, -0.1) is 0 Å². The fourth-order valence-electron chi connectivity index (χ4n) is 3.22. The van der Waals surface area contributed by atoms with E-state index in [1.165, 1.54) is 10.6 Å². The summed E-state index contributed by atoms with van der Waals surface area (Å²) in [4.78, 5) is 32.2. The molecule has 0 fully saturated rings. The Morgan fingerprint density at radius 3 is 2.44 bits per heavy atom. The van der Waals surface area contributed by atoms with E-state index in [0.29, 0.717) is 24.0 Å². The first-order valence-electron chi connectivity index (χ1n) is 10.1. The Labute approximate surface area is 162 Å². The molecule has 2 heterocycles. The molecule has 0 aliphatic rings. The van der Waals surface area contributed by atoms with Gasteiger partial charge in [-0.1, -0.05) is 46.6 Å². The number of hydrogen-bond acceptors (Lipinski definition) is 3. The lowest BCUT2D eigenvalue weighted by molar-refractivity contribution is 0.0669. The van der Waals surface area contributed by atoms with Crippen molar-refractivity contribution in [2.45, 2.75) is 66.3 Å². The summed E-state index contributed by atoms with van der Waals surface area (Å²) < 4.78 is 1.44. The lowest BCUT2D eigenvalue weighted by Crippen LogP contribution is -2.42. The average molecular weight is 372 g/mol. The number of fused-ring (bicyclic) bond motifs is 1. The molecule has 5 heteroatoms. The molecule has 2 rings (SSSR count). The third-order valence-electron chi connectivity index (χ3n) is 4.99. The zero-order valence-corrected chi connectivity index (χ0v) is 17.3. The number of rotatable bonds is 9. The van der Waals surface area contributed by atoms with Gasteiger partial charge in [0.25, 0.3) is 11.5 Å². The zero-order valence-electron chi connectivity index (χ0n) is 17.3. The third kappa shape index (κ3) is 5.65. The molecule has 27 heavy (non-hydrogen) atoms. The van der Waals surface area contributed by atoms with Gasteiger partial charge < -0.3 is 4.90 Å². The molecule has 0 radical (unpaired) electrons. The van der Waals surface area contributed by atoms with Crippen LogP contribution in [0.4, 0.5) is 0 Å². The second-order valence-electron chi connectivity index (χ2n) is 8.26. The quantitative estimate of drug-likeness (QED) is 0.656. The average Bonchev–Trinajstić information content (AvgIpc) is 2.61. The molecule has 0 bridgehead atoms. The SMILES string of the molecule is CC(C)CCC[C@@H](C)N(CCC(C)C)C(=O)c1cnc2ccccn2c1=O. The molecule has 0 saturated carbocycles. The molecule has 148 valence electrons. The van der Waals surface area contributed by atoms with Gasteiger partial charge in [-0.3, -0.25) is 14.0 Å². The Kier molecular flexibility index (Phi) is 7.57. The van der Waals surface area contributed by atoms with Crippen molar-refractivity contribution in [3.05, 3.63) is 46.5 Å². The minimum Gasteiger partial charge on any atom is -0.336 e. The second-order valence-corrected chi connectivity index (χ2v) is 8.26. The standard InChI is InChI=1S/C22H33N3O2/c1-16(2)9-8-10-18(5)24(14-12-17(3)4)21(26)19-15-23-20-11-6-7-13-25(20)22(19)27/h6-7,11,13,15-18H,8-10,12,14H2,1-5H3/t18-/m1/s1. The van der Waals surface area contributed by atoms with E-state index in [-0.39, 0.29) is 23.1 Å². The summed E-state index contributed by atoms with van der Waals surface area (Å²) in [7, 11) is 0. The number of amides is 1. The summed E-state index contributed by atoms with van der Waals surface area (Å²) in [6.07, 6.45) is 7.19. The van der Waals surface area contributed by atoms with E-state index in [1.807, 2.05) is 11.0 Å². The van der Waals surface area contributed by atoms with E-state index in [0.717, 1.165) is 25.7 Å². The fraction of sp³-hybridized carbons (Fsp3) is 0.591. The molecule has 0 saturated heterocycles. The van der Waals surface area contributed by atoms with Gasteiger partial charge in [-0.05, 0) is 43.7 Å². The smallest absolute Gasteiger partial charge is 0.270 e. The van der Waals surface area contributed by atoms with Gasteiger partial charge in [0.2, 0.25) is 0 Å². The number of carbonyl (C=O) groups is 1. The summed E-state index contributed by atoms with van der Waals surface area (Å²) in [6, 6.07) is 5.47. The van der Waals surface area contributed by atoms with Crippen molar-refractivity contribution in [2.75, 3.05) is 6.54 Å². The molecule has 0 spiro atoms. The Morgan fingerprint density at radius 1 is 1.07 bits per heavy atom. The van der Waals surface area contributed by atoms with Crippen LogP contribution in [0.1, 0.15) is 70.7 Å². The van der Waals surface area contributed by atoms with E-state index >= 15 is 0 Å². The Morgan fingerprint density at radius 2 is 1.78 bits per heavy atom. The Hall–Kier alpha value is -2.17. The molecule has 0 unspecified atom stereocenters. The molecule has 1 amide bonds. The molecular weight excluding hydrogens is 338 g/mol. The second kappa shape index (κ2) is 9.67. The van der Waals surface area contributed by atoms with E-state index < -0.39 is 0 Å². The van der Waals surface area contributed by atoms with Crippen LogP contribution in [0.5, 0.6) is 0 Å². The van der Waals surface area contributed by atoms with Crippen LogP contribution in [0.2, 0.25) is 0 Å². The van der Waals surface area contributed by atoms with Gasteiger partial charge in [0.1, 0.15) is 11.2 Å². The minimum absolute atomic E-state index is 0.103. The molecule has 0 aliphatic heterocycles. The maximum atomic E-state index is 13.2. The largest absolute Gasteiger partial charge is 0.336 e. The van der Waals surface area contributed by atoms with Crippen molar-refractivity contribution >= 4 is 11.6 Å². The summed E-state index contributed by atoms with van der Waals surface area (Å²) in [5.41, 5.74) is 0.408.